The zero-order valence-corrected chi connectivity index (χ0v) is 18.3. The number of carbonyl (C=O) groups is 2. The lowest BCUT2D eigenvalue weighted by atomic mass is 10.1. The van der Waals surface area contributed by atoms with Crippen molar-refractivity contribution in [3.05, 3.63) is 39.9 Å². The van der Waals surface area contributed by atoms with Crippen molar-refractivity contribution in [2.45, 2.75) is 58.2 Å². The number of benzene rings is 1. The van der Waals surface area contributed by atoms with Crippen LogP contribution in [0.2, 0.25) is 0 Å². The third kappa shape index (κ3) is 4.02. The molecule has 9 nitrogen and oxygen atoms in total. The van der Waals surface area contributed by atoms with Crippen molar-refractivity contribution in [3.63, 3.8) is 0 Å². The average molecular weight is 448 g/mol. The summed E-state index contributed by atoms with van der Waals surface area (Å²) in [5.74, 6) is -2.02. The van der Waals surface area contributed by atoms with E-state index in [1.807, 2.05) is 0 Å². The highest BCUT2D eigenvalue weighted by molar-refractivity contribution is 5.94. The van der Waals surface area contributed by atoms with E-state index < -0.39 is 46.8 Å². The van der Waals surface area contributed by atoms with Crippen molar-refractivity contribution >= 4 is 23.0 Å². The molecule has 1 amide bonds. The number of likely N-dealkylation sites (tertiary alicyclic amines) is 1. The molecule has 1 aromatic heterocycles. The van der Waals surface area contributed by atoms with E-state index in [9.17, 15) is 23.9 Å². The van der Waals surface area contributed by atoms with Crippen LogP contribution in [0.15, 0.2) is 23.1 Å². The molecule has 10 heteroatoms. The van der Waals surface area contributed by atoms with Gasteiger partial charge < -0.3 is 28.8 Å². The van der Waals surface area contributed by atoms with Crippen LogP contribution in [-0.4, -0.2) is 57.7 Å². The van der Waals surface area contributed by atoms with Gasteiger partial charge >= 0.3 is 12.1 Å². The molecule has 0 bridgehead atoms. The number of pyridine rings is 1. The molecule has 3 unspecified atom stereocenters. The molecule has 2 aliphatic rings. The first-order chi connectivity index (χ1) is 14.9. The van der Waals surface area contributed by atoms with Gasteiger partial charge in [0.2, 0.25) is 11.7 Å². The number of aromatic nitrogens is 1. The van der Waals surface area contributed by atoms with Gasteiger partial charge in [0.15, 0.2) is 0 Å². The number of hydrogen-bond donors (Lipinski definition) is 1. The lowest BCUT2D eigenvalue weighted by Crippen LogP contribution is -2.40. The fraction of sp³-hybridized carbons (Fsp3) is 0.500. The van der Waals surface area contributed by atoms with Gasteiger partial charge in [0.05, 0.1) is 29.6 Å². The molecule has 1 N–H and O–H groups in total. The first-order valence-corrected chi connectivity index (χ1v) is 10.4. The summed E-state index contributed by atoms with van der Waals surface area (Å²) in [6.45, 7) is 7.89. The Morgan fingerprint density at radius 1 is 1.28 bits per heavy atom. The smallest absolute Gasteiger partial charge is 0.410 e. The minimum absolute atomic E-state index is 0.0674. The highest BCUT2D eigenvalue weighted by Crippen LogP contribution is 2.36. The Morgan fingerprint density at radius 2 is 2.00 bits per heavy atom. The molecule has 0 saturated carbocycles. The molecule has 1 fully saturated rings. The molecule has 32 heavy (non-hydrogen) atoms. The molecule has 172 valence electrons. The molecular formula is C22H25FN2O7. The van der Waals surface area contributed by atoms with Crippen molar-refractivity contribution in [3.8, 4) is 5.75 Å². The summed E-state index contributed by atoms with van der Waals surface area (Å²) < 4.78 is 33.1. The second-order valence-corrected chi connectivity index (χ2v) is 9.08. The van der Waals surface area contributed by atoms with Gasteiger partial charge in [-0.1, -0.05) is 0 Å². The summed E-state index contributed by atoms with van der Waals surface area (Å²) >= 11 is 0. The highest BCUT2D eigenvalue weighted by Gasteiger charge is 2.37. The Kier molecular flexibility index (Phi) is 5.36. The Labute approximate surface area is 183 Å². The molecule has 3 atom stereocenters. The summed E-state index contributed by atoms with van der Waals surface area (Å²) in [6, 6.07) is 1.64. The molecule has 0 aliphatic carbocycles. The minimum atomic E-state index is -1.40. The summed E-state index contributed by atoms with van der Waals surface area (Å²) in [5.41, 5.74) is -1.53. The second-order valence-electron chi connectivity index (χ2n) is 9.08. The zero-order chi connectivity index (χ0) is 23.4. The van der Waals surface area contributed by atoms with Gasteiger partial charge in [0.25, 0.3) is 0 Å². The summed E-state index contributed by atoms with van der Waals surface area (Å²) in [4.78, 5) is 38.0. The first-order valence-electron chi connectivity index (χ1n) is 10.4. The topological polar surface area (TPSA) is 107 Å². The molecule has 2 aliphatic heterocycles. The zero-order valence-electron chi connectivity index (χ0n) is 18.3. The molecule has 2 aromatic rings. The number of hydrogen-bond acceptors (Lipinski definition) is 6. The van der Waals surface area contributed by atoms with Crippen LogP contribution < -0.4 is 10.2 Å². The van der Waals surface area contributed by atoms with Gasteiger partial charge in [0, 0.05) is 18.8 Å². The number of halogens is 1. The maximum atomic E-state index is 14.2. The van der Waals surface area contributed by atoms with Gasteiger partial charge in [-0.3, -0.25) is 4.79 Å². The van der Waals surface area contributed by atoms with Crippen LogP contribution in [0, 0.1) is 5.82 Å². The number of carbonyl (C=O) groups excluding carboxylic acids is 1. The van der Waals surface area contributed by atoms with E-state index in [2.05, 4.69) is 0 Å². The Bertz CT molecular complexity index is 1150. The Hall–Kier alpha value is -3.14. The number of aromatic carboxylic acids is 1. The van der Waals surface area contributed by atoms with Crippen molar-refractivity contribution in [2.24, 2.45) is 0 Å². The predicted molar refractivity (Wildman–Crippen MR) is 112 cm³/mol. The summed E-state index contributed by atoms with van der Waals surface area (Å²) in [6.07, 6.45) is 0.141. The Morgan fingerprint density at radius 3 is 2.66 bits per heavy atom. The van der Waals surface area contributed by atoms with E-state index in [-0.39, 0.29) is 17.2 Å². The van der Waals surface area contributed by atoms with Crippen LogP contribution >= 0.6 is 0 Å². The molecule has 1 aromatic carbocycles. The van der Waals surface area contributed by atoms with Crippen LogP contribution in [0.4, 0.5) is 9.18 Å². The lowest BCUT2D eigenvalue weighted by molar-refractivity contribution is -0.141. The van der Waals surface area contributed by atoms with Crippen molar-refractivity contribution in [1.29, 1.82) is 0 Å². The van der Waals surface area contributed by atoms with Gasteiger partial charge in [-0.05, 0) is 40.2 Å². The average Bonchev–Trinajstić information content (AvgIpc) is 3.14. The van der Waals surface area contributed by atoms with Crippen LogP contribution in [0.3, 0.4) is 0 Å². The normalized spacial score (nSPS) is 22.7. The van der Waals surface area contributed by atoms with E-state index in [0.717, 1.165) is 12.1 Å². The number of ether oxygens (including phenoxy) is 3. The van der Waals surface area contributed by atoms with E-state index in [0.29, 0.717) is 25.0 Å². The van der Waals surface area contributed by atoms with Gasteiger partial charge in [-0.15, -0.1) is 0 Å². The molecular weight excluding hydrogens is 423 g/mol. The minimum Gasteiger partial charge on any atom is -0.477 e. The number of nitrogens with zero attached hydrogens (tertiary/aromatic N) is 2. The molecule has 0 radical (unpaired) electrons. The van der Waals surface area contributed by atoms with Crippen LogP contribution in [0.5, 0.6) is 5.75 Å². The van der Waals surface area contributed by atoms with Crippen molar-refractivity contribution in [1.82, 2.24) is 9.47 Å². The van der Waals surface area contributed by atoms with E-state index in [1.165, 1.54) is 6.20 Å². The number of amides is 1. The van der Waals surface area contributed by atoms with E-state index >= 15 is 0 Å². The van der Waals surface area contributed by atoms with Crippen LogP contribution in [0.1, 0.15) is 50.5 Å². The first kappa shape index (κ1) is 22.1. The number of carboxylic acid groups (broad SMARTS) is 1. The number of rotatable bonds is 3. The van der Waals surface area contributed by atoms with E-state index in [4.69, 9.17) is 14.2 Å². The Balaban J connectivity index is 1.59. The fourth-order valence-electron chi connectivity index (χ4n) is 4.00. The second kappa shape index (κ2) is 7.77. The van der Waals surface area contributed by atoms with Gasteiger partial charge in [0.1, 0.15) is 22.7 Å². The largest absolute Gasteiger partial charge is 0.477 e. The molecule has 4 rings (SSSR count). The number of carboxylic acids is 1. The maximum Gasteiger partial charge on any atom is 0.410 e. The van der Waals surface area contributed by atoms with Gasteiger partial charge in [-0.25, -0.2) is 14.0 Å². The van der Waals surface area contributed by atoms with Crippen molar-refractivity contribution < 1.29 is 33.3 Å². The van der Waals surface area contributed by atoms with Crippen LogP contribution in [-0.2, 0) is 9.47 Å². The standard InChI is InChI=1S/C22H25FN2O7/c1-11-20(30-13-5-6-24(9-13)21(29)32-22(2,3)4)31-16-8-12(23)7-14-17(16)25(11)10-15(18(14)26)19(27)28/h7-8,10-11,13,20H,5-6,9H2,1-4H3,(H,27,28). The van der Waals surface area contributed by atoms with E-state index in [1.54, 1.807) is 37.2 Å². The van der Waals surface area contributed by atoms with Crippen LogP contribution in [0.25, 0.3) is 10.9 Å². The third-order valence-corrected chi connectivity index (χ3v) is 5.48. The monoisotopic (exact) mass is 448 g/mol. The quantitative estimate of drug-likeness (QED) is 0.769. The van der Waals surface area contributed by atoms with Gasteiger partial charge in [-0.2, -0.15) is 0 Å². The predicted octanol–water partition coefficient (Wildman–Crippen LogP) is 3.14. The molecule has 3 heterocycles. The maximum absolute atomic E-state index is 14.2. The lowest BCUT2D eigenvalue weighted by Gasteiger charge is -2.35. The summed E-state index contributed by atoms with van der Waals surface area (Å²) in [7, 11) is 0. The summed E-state index contributed by atoms with van der Waals surface area (Å²) in [5, 5.41) is 9.36. The highest BCUT2D eigenvalue weighted by atomic mass is 19.1. The molecule has 1 saturated heterocycles. The fourth-order valence-corrected chi connectivity index (χ4v) is 4.00. The third-order valence-electron chi connectivity index (χ3n) is 5.48. The SMILES string of the molecule is CC1C(OC2CCN(C(=O)OC(C)(C)C)C2)Oc2cc(F)cc3c(=O)c(C(=O)O)cn1c23. The van der Waals surface area contributed by atoms with Crippen molar-refractivity contribution in [2.75, 3.05) is 13.1 Å². The molecule has 0 spiro atoms.